The van der Waals surface area contributed by atoms with Crippen LogP contribution in [0.25, 0.3) is 0 Å². The Balaban J connectivity index is 1.91. The van der Waals surface area contributed by atoms with Gasteiger partial charge in [-0.2, -0.15) is 0 Å². The van der Waals surface area contributed by atoms with Crippen LogP contribution in [0.5, 0.6) is 0 Å². The zero-order valence-corrected chi connectivity index (χ0v) is 9.96. The Hall–Kier alpha value is -0.800. The van der Waals surface area contributed by atoms with Gasteiger partial charge in [0.05, 0.1) is 13.2 Å². The minimum atomic E-state index is -0.0705. The van der Waals surface area contributed by atoms with Gasteiger partial charge in [0, 0.05) is 5.54 Å². The second-order valence-corrected chi connectivity index (χ2v) is 4.87. The molecule has 1 aliphatic carbocycles. The fraction of sp³-hybridized carbons (Fsp3) is 0.692. The highest BCUT2D eigenvalue weighted by Gasteiger charge is 2.30. The molecule has 3 heteroatoms. The molecule has 0 bridgehead atoms. The highest BCUT2D eigenvalue weighted by molar-refractivity contribution is 5.06. The Morgan fingerprint density at radius 1 is 1.31 bits per heavy atom. The first-order chi connectivity index (χ1) is 7.74. The lowest BCUT2D eigenvalue weighted by molar-refractivity contribution is 0.117. The van der Waals surface area contributed by atoms with Gasteiger partial charge in [-0.1, -0.05) is 19.3 Å². The highest BCUT2D eigenvalue weighted by Crippen LogP contribution is 2.28. The van der Waals surface area contributed by atoms with Crippen LogP contribution in [0.3, 0.4) is 0 Å². The standard InChI is InChI=1S/C13H21NO2/c1-11-5-6-12(16-11)9-14-13(10-15)7-3-2-4-8-13/h5-6,14-15H,2-4,7-10H2,1H3. The molecule has 0 unspecified atom stereocenters. The lowest BCUT2D eigenvalue weighted by Gasteiger charge is -2.36. The predicted octanol–water partition coefficient (Wildman–Crippen LogP) is 2.37. The highest BCUT2D eigenvalue weighted by atomic mass is 16.3. The first-order valence-corrected chi connectivity index (χ1v) is 6.15. The molecule has 0 aromatic carbocycles. The molecule has 1 heterocycles. The molecule has 16 heavy (non-hydrogen) atoms. The van der Waals surface area contributed by atoms with Crippen molar-refractivity contribution in [3.63, 3.8) is 0 Å². The van der Waals surface area contributed by atoms with E-state index in [2.05, 4.69) is 5.32 Å². The van der Waals surface area contributed by atoms with Crippen molar-refractivity contribution >= 4 is 0 Å². The molecule has 1 aliphatic rings. The quantitative estimate of drug-likeness (QED) is 0.823. The van der Waals surface area contributed by atoms with Gasteiger partial charge in [-0.05, 0) is 31.9 Å². The molecule has 0 amide bonds. The molecule has 0 atom stereocenters. The van der Waals surface area contributed by atoms with Gasteiger partial charge < -0.3 is 14.8 Å². The zero-order valence-electron chi connectivity index (χ0n) is 9.96. The van der Waals surface area contributed by atoms with Crippen LogP contribution >= 0.6 is 0 Å². The maximum Gasteiger partial charge on any atom is 0.117 e. The van der Waals surface area contributed by atoms with E-state index in [0.29, 0.717) is 6.54 Å². The molecule has 0 radical (unpaired) electrons. The fourth-order valence-corrected chi connectivity index (χ4v) is 2.47. The SMILES string of the molecule is Cc1ccc(CNC2(CO)CCCCC2)o1. The first-order valence-electron chi connectivity index (χ1n) is 6.15. The maximum atomic E-state index is 9.53. The van der Waals surface area contributed by atoms with Crippen LogP contribution < -0.4 is 5.32 Å². The van der Waals surface area contributed by atoms with Crippen LogP contribution in [0, 0.1) is 6.92 Å². The van der Waals surface area contributed by atoms with E-state index in [1.165, 1.54) is 19.3 Å². The van der Waals surface area contributed by atoms with Gasteiger partial charge in [0.1, 0.15) is 11.5 Å². The van der Waals surface area contributed by atoms with Crippen molar-refractivity contribution in [2.75, 3.05) is 6.61 Å². The topological polar surface area (TPSA) is 45.4 Å². The van der Waals surface area contributed by atoms with Crippen LogP contribution in [0.4, 0.5) is 0 Å². The van der Waals surface area contributed by atoms with Crippen molar-refractivity contribution < 1.29 is 9.52 Å². The third-order valence-corrected chi connectivity index (χ3v) is 3.55. The molecule has 0 spiro atoms. The number of rotatable bonds is 4. The molecule has 0 saturated heterocycles. The second kappa shape index (κ2) is 5.02. The Labute approximate surface area is 96.8 Å². The predicted molar refractivity (Wildman–Crippen MR) is 63.2 cm³/mol. The number of aliphatic hydroxyl groups is 1. The molecule has 1 saturated carbocycles. The number of hydrogen-bond acceptors (Lipinski definition) is 3. The smallest absolute Gasteiger partial charge is 0.117 e. The molecule has 1 aromatic heterocycles. The summed E-state index contributed by atoms with van der Waals surface area (Å²) in [5.74, 6) is 1.90. The lowest BCUT2D eigenvalue weighted by atomic mass is 9.82. The maximum absolute atomic E-state index is 9.53. The molecule has 0 aliphatic heterocycles. The van der Waals surface area contributed by atoms with Gasteiger partial charge in [0.15, 0.2) is 0 Å². The van der Waals surface area contributed by atoms with Crippen LogP contribution in [-0.4, -0.2) is 17.3 Å². The Morgan fingerprint density at radius 3 is 2.62 bits per heavy atom. The van der Waals surface area contributed by atoms with E-state index in [1.807, 2.05) is 19.1 Å². The van der Waals surface area contributed by atoms with Gasteiger partial charge in [-0.15, -0.1) is 0 Å². The fourth-order valence-electron chi connectivity index (χ4n) is 2.47. The summed E-state index contributed by atoms with van der Waals surface area (Å²) in [6.45, 7) is 2.90. The van der Waals surface area contributed by atoms with Crippen LogP contribution in [0.15, 0.2) is 16.5 Å². The number of aryl methyl sites for hydroxylation is 1. The Kier molecular flexibility index (Phi) is 3.66. The van der Waals surface area contributed by atoms with Gasteiger partial charge in [-0.25, -0.2) is 0 Å². The number of furan rings is 1. The van der Waals surface area contributed by atoms with Gasteiger partial charge in [0.25, 0.3) is 0 Å². The Morgan fingerprint density at radius 2 is 2.06 bits per heavy atom. The molecule has 2 rings (SSSR count). The van der Waals surface area contributed by atoms with E-state index in [-0.39, 0.29) is 12.1 Å². The van der Waals surface area contributed by atoms with Crippen molar-refractivity contribution in [3.05, 3.63) is 23.7 Å². The minimum Gasteiger partial charge on any atom is -0.465 e. The van der Waals surface area contributed by atoms with Crippen molar-refractivity contribution in [1.82, 2.24) is 5.32 Å². The first kappa shape index (κ1) is 11.7. The average molecular weight is 223 g/mol. The number of hydrogen-bond donors (Lipinski definition) is 2. The van der Waals surface area contributed by atoms with Crippen molar-refractivity contribution in [1.29, 1.82) is 0 Å². The third kappa shape index (κ3) is 2.66. The van der Waals surface area contributed by atoms with E-state index in [1.54, 1.807) is 0 Å². The van der Waals surface area contributed by atoms with E-state index in [4.69, 9.17) is 4.42 Å². The van der Waals surface area contributed by atoms with Crippen molar-refractivity contribution in [2.45, 2.75) is 51.1 Å². The van der Waals surface area contributed by atoms with Crippen LogP contribution in [0.1, 0.15) is 43.6 Å². The summed E-state index contributed by atoms with van der Waals surface area (Å²) in [4.78, 5) is 0. The van der Waals surface area contributed by atoms with E-state index < -0.39 is 0 Å². The summed E-state index contributed by atoms with van der Waals surface area (Å²) in [7, 11) is 0. The van der Waals surface area contributed by atoms with Gasteiger partial charge in [0.2, 0.25) is 0 Å². The van der Waals surface area contributed by atoms with E-state index in [9.17, 15) is 5.11 Å². The Bertz CT molecular complexity index is 326. The second-order valence-electron chi connectivity index (χ2n) is 4.87. The lowest BCUT2D eigenvalue weighted by Crippen LogP contribution is -2.49. The van der Waals surface area contributed by atoms with Crippen LogP contribution in [0.2, 0.25) is 0 Å². The van der Waals surface area contributed by atoms with E-state index >= 15 is 0 Å². The number of aliphatic hydroxyl groups excluding tert-OH is 1. The summed E-state index contributed by atoms with van der Waals surface area (Å²) < 4.78 is 5.52. The summed E-state index contributed by atoms with van der Waals surface area (Å²) >= 11 is 0. The van der Waals surface area contributed by atoms with Gasteiger partial charge >= 0.3 is 0 Å². The largest absolute Gasteiger partial charge is 0.465 e. The molecule has 1 fully saturated rings. The van der Waals surface area contributed by atoms with Crippen molar-refractivity contribution in [2.24, 2.45) is 0 Å². The molecule has 1 aromatic rings. The third-order valence-electron chi connectivity index (χ3n) is 3.55. The molecular weight excluding hydrogens is 202 g/mol. The summed E-state index contributed by atoms with van der Waals surface area (Å²) in [5.41, 5.74) is -0.0705. The van der Waals surface area contributed by atoms with Crippen LogP contribution in [-0.2, 0) is 6.54 Å². The zero-order chi connectivity index (χ0) is 11.4. The molecule has 2 N–H and O–H groups in total. The summed E-state index contributed by atoms with van der Waals surface area (Å²) in [6, 6.07) is 3.97. The molecule has 3 nitrogen and oxygen atoms in total. The number of nitrogens with one attached hydrogen (secondary N) is 1. The summed E-state index contributed by atoms with van der Waals surface area (Å²) in [5, 5.41) is 13.0. The molecule has 90 valence electrons. The minimum absolute atomic E-state index is 0.0705. The van der Waals surface area contributed by atoms with E-state index in [0.717, 1.165) is 24.4 Å². The summed E-state index contributed by atoms with van der Waals surface area (Å²) in [6.07, 6.45) is 5.87. The average Bonchev–Trinajstić information content (AvgIpc) is 2.74. The van der Waals surface area contributed by atoms with Crippen molar-refractivity contribution in [3.8, 4) is 0 Å². The monoisotopic (exact) mass is 223 g/mol. The molecular formula is C13H21NO2. The normalized spacial score (nSPS) is 19.9. The van der Waals surface area contributed by atoms with Gasteiger partial charge in [-0.3, -0.25) is 0 Å².